The van der Waals surface area contributed by atoms with Gasteiger partial charge < -0.3 is 0 Å². The largest absolute Gasteiger partial charge is 0.284 e. The molecule has 0 amide bonds. The first-order chi connectivity index (χ1) is 13.9. The maximum atomic E-state index is 13.5. The highest BCUT2D eigenvalue weighted by Gasteiger charge is 2.25. The molecule has 0 bridgehead atoms. The van der Waals surface area contributed by atoms with Gasteiger partial charge in [0, 0.05) is 22.0 Å². The van der Waals surface area contributed by atoms with E-state index in [1.807, 2.05) is 13.8 Å². The number of thiophene rings is 1. The van der Waals surface area contributed by atoms with E-state index in [1.165, 1.54) is 10.9 Å². The number of nitrogens with zero attached hydrogens (tertiary/aromatic N) is 3. The lowest BCUT2D eigenvalue weighted by Gasteiger charge is -2.18. The lowest BCUT2D eigenvalue weighted by Crippen LogP contribution is -2.26. The molecule has 0 fully saturated rings. The average molecular weight is 450 g/mol. The molecule has 0 unspecified atom stereocenters. The molecular formula is C20H20ClN3O3S2. The fourth-order valence-corrected chi connectivity index (χ4v) is 6.20. The summed E-state index contributed by atoms with van der Waals surface area (Å²) in [6.07, 6.45) is 4.90. The first-order valence-electron chi connectivity index (χ1n) is 9.59. The number of nitro benzene ring substituents is 1. The van der Waals surface area contributed by atoms with Gasteiger partial charge in [-0.3, -0.25) is 19.5 Å². The van der Waals surface area contributed by atoms with Crippen LogP contribution in [0.2, 0.25) is 5.02 Å². The van der Waals surface area contributed by atoms with Gasteiger partial charge in [-0.25, -0.2) is 4.98 Å². The summed E-state index contributed by atoms with van der Waals surface area (Å²) >= 11 is 8.69. The van der Waals surface area contributed by atoms with Crippen molar-refractivity contribution in [1.29, 1.82) is 0 Å². The fourth-order valence-electron chi connectivity index (χ4n) is 3.66. The summed E-state index contributed by atoms with van der Waals surface area (Å²) in [4.78, 5) is 31.8. The van der Waals surface area contributed by atoms with Gasteiger partial charge in [0.15, 0.2) is 5.16 Å². The van der Waals surface area contributed by atoms with Crippen LogP contribution in [0.15, 0.2) is 33.0 Å². The minimum absolute atomic E-state index is 0.0390. The minimum atomic E-state index is -0.456. The van der Waals surface area contributed by atoms with Gasteiger partial charge in [-0.05, 0) is 68.5 Å². The zero-order valence-electron chi connectivity index (χ0n) is 16.1. The molecule has 2 heterocycles. The summed E-state index contributed by atoms with van der Waals surface area (Å²) in [7, 11) is 0. The topological polar surface area (TPSA) is 78.0 Å². The highest BCUT2D eigenvalue weighted by Crippen LogP contribution is 2.39. The first-order valence-corrected chi connectivity index (χ1v) is 11.6. The lowest BCUT2D eigenvalue weighted by atomic mass is 9.97. The van der Waals surface area contributed by atoms with Gasteiger partial charge >= 0.3 is 0 Å². The quantitative estimate of drug-likeness (QED) is 0.270. The van der Waals surface area contributed by atoms with E-state index in [2.05, 4.69) is 0 Å². The SMILES string of the molecule is CC[C@@H](C)n1c(Sc2ccc(Cl)cc2[N+](=O)[O-])nc2sc3c(c2c1=O)CCCC3. The van der Waals surface area contributed by atoms with Crippen molar-refractivity contribution in [2.75, 3.05) is 0 Å². The molecule has 0 saturated heterocycles. The van der Waals surface area contributed by atoms with E-state index in [0.717, 1.165) is 59.6 Å². The van der Waals surface area contributed by atoms with Crippen molar-refractivity contribution in [3.05, 3.63) is 54.1 Å². The normalized spacial score (nSPS) is 14.7. The van der Waals surface area contributed by atoms with E-state index in [1.54, 1.807) is 28.0 Å². The summed E-state index contributed by atoms with van der Waals surface area (Å²) in [5.74, 6) is 0. The van der Waals surface area contributed by atoms with E-state index in [0.29, 0.717) is 15.1 Å². The second kappa shape index (κ2) is 8.08. The van der Waals surface area contributed by atoms with E-state index in [4.69, 9.17) is 16.6 Å². The Labute approximate surface area is 181 Å². The smallest absolute Gasteiger partial charge is 0.284 e. The Balaban J connectivity index is 1.92. The third-order valence-corrected chi connectivity index (χ3v) is 7.80. The second-order valence-corrected chi connectivity index (χ2v) is 9.72. The van der Waals surface area contributed by atoms with Crippen LogP contribution >= 0.6 is 34.7 Å². The van der Waals surface area contributed by atoms with Gasteiger partial charge in [0.2, 0.25) is 0 Å². The Bertz CT molecular complexity index is 1170. The van der Waals surface area contributed by atoms with Gasteiger partial charge in [0.25, 0.3) is 11.2 Å². The maximum absolute atomic E-state index is 13.5. The summed E-state index contributed by atoms with van der Waals surface area (Å²) in [5, 5.41) is 13.0. The molecule has 3 aromatic rings. The first kappa shape index (κ1) is 20.4. The third kappa shape index (κ3) is 3.69. The Kier molecular flexibility index (Phi) is 5.68. The predicted octanol–water partition coefficient (Wildman–Crippen LogP) is 6.02. The average Bonchev–Trinajstić information content (AvgIpc) is 3.07. The number of nitro groups is 1. The molecular weight excluding hydrogens is 430 g/mol. The minimum Gasteiger partial charge on any atom is -0.284 e. The molecule has 9 heteroatoms. The number of aryl methyl sites for hydroxylation is 2. The molecule has 152 valence electrons. The van der Waals surface area contributed by atoms with Crippen LogP contribution in [0.1, 0.15) is 49.6 Å². The molecule has 0 radical (unpaired) electrons. The molecule has 0 spiro atoms. The van der Waals surface area contributed by atoms with E-state index in [-0.39, 0.29) is 17.3 Å². The van der Waals surface area contributed by atoms with Crippen molar-refractivity contribution in [3.8, 4) is 0 Å². The predicted molar refractivity (Wildman–Crippen MR) is 118 cm³/mol. The second-order valence-electron chi connectivity index (χ2n) is 7.19. The number of hydrogen-bond acceptors (Lipinski definition) is 6. The highest BCUT2D eigenvalue weighted by atomic mass is 35.5. The van der Waals surface area contributed by atoms with Crippen molar-refractivity contribution in [3.63, 3.8) is 0 Å². The van der Waals surface area contributed by atoms with Gasteiger partial charge in [0.05, 0.1) is 15.2 Å². The molecule has 1 aromatic carbocycles. The van der Waals surface area contributed by atoms with Crippen molar-refractivity contribution in [2.45, 2.75) is 62.0 Å². The molecule has 0 saturated carbocycles. The number of rotatable bonds is 5. The van der Waals surface area contributed by atoms with E-state index >= 15 is 0 Å². The van der Waals surface area contributed by atoms with Crippen LogP contribution in [-0.2, 0) is 12.8 Å². The van der Waals surface area contributed by atoms with E-state index in [9.17, 15) is 14.9 Å². The summed E-state index contributed by atoms with van der Waals surface area (Å²) < 4.78 is 1.70. The zero-order valence-corrected chi connectivity index (χ0v) is 18.5. The molecule has 0 N–H and O–H groups in total. The Morgan fingerprint density at radius 1 is 1.38 bits per heavy atom. The lowest BCUT2D eigenvalue weighted by molar-refractivity contribution is -0.387. The molecule has 1 atom stereocenters. The van der Waals surface area contributed by atoms with Crippen LogP contribution in [0.5, 0.6) is 0 Å². The number of aromatic nitrogens is 2. The van der Waals surface area contributed by atoms with Crippen LogP contribution in [0.3, 0.4) is 0 Å². The van der Waals surface area contributed by atoms with Gasteiger partial charge in [0.1, 0.15) is 4.83 Å². The molecule has 1 aliphatic rings. The van der Waals surface area contributed by atoms with Crippen LogP contribution in [-0.4, -0.2) is 14.5 Å². The number of halogens is 1. The van der Waals surface area contributed by atoms with Crippen LogP contribution in [0.25, 0.3) is 10.2 Å². The molecule has 6 nitrogen and oxygen atoms in total. The van der Waals surface area contributed by atoms with Gasteiger partial charge in [-0.2, -0.15) is 0 Å². The third-order valence-electron chi connectivity index (χ3n) is 5.34. The standard InChI is InChI=1S/C20H20ClN3O3S2/c1-3-11(2)23-19(25)17-13-6-4-5-7-15(13)28-18(17)22-20(23)29-16-9-8-12(21)10-14(16)24(26)27/h8-11H,3-7H2,1-2H3/t11-/m1/s1. The summed E-state index contributed by atoms with van der Waals surface area (Å²) in [5.41, 5.74) is 1.03. The molecule has 4 rings (SSSR count). The number of hydrogen-bond donors (Lipinski definition) is 0. The van der Waals surface area contributed by atoms with Gasteiger partial charge in [-0.15, -0.1) is 11.3 Å². The van der Waals surface area contributed by atoms with Crippen LogP contribution in [0.4, 0.5) is 5.69 Å². The molecule has 29 heavy (non-hydrogen) atoms. The van der Waals surface area contributed by atoms with Crippen molar-refractivity contribution in [1.82, 2.24) is 9.55 Å². The van der Waals surface area contributed by atoms with Crippen molar-refractivity contribution < 1.29 is 4.92 Å². The van der Waals surface area contributed by atoms with Gasteiger partial charge in [-0.1, -0.05) is 18.5 Å². The summed E-state index contributed by atoms with van der Waals surface area (Å²) in [6, 6.07) is 4.50. The number of benzene rings is 1. The van der Waals surface area contributed by atoms with Crippen LogP contribution in [0, 0.1) is 10.1 Å². The van der Waals surface area contributed by atoms with Crippen molar-refractivity contribution >= 4 is 50.6 Å². The Morgan fingerprint density at radius 3 is 2.86 bits per heavy atom. The highest BCUT2D eigenvalue weighted by molar-refractivity contribution is 7.99. The van der Waals surface area contributed by atoms with Crippen molar-refractivity contribution in [2.24, 2.45) is 0 Å². The van der Waals surface area contributed by atoms with Crippen LogP contribution < -0.4 is 5.56 Å². The monoisotopic (exact) mass is 449 g/mol. The number of fused-ring (bicyclic) bond motifs is 3. The molecule has 1 aliphatic carbocycles. The summed E-state index contributed by atoms with van der Waals surface area (Å²) in [6.45, 7) is 4.00. The molecule has 0 aliphatic heterocycles. The maximum Gasteiger partial charge on any atom is 0.284 e. The Hall–Kier alpha value is -1.90. The zero-order chi connectivity index (χ0) is 20.7. The van der Waals surface area contributed by atoms with E-state index < -0.39 is 4.92 Å². The molecule has 2 aromatic heterocycles. The Morgan fingerprint density at radius 2 is 2.14 bits per heavy atom. The fraction of sp³-hybridized carbons (Fsp3) is 0.400.